The van der Waals surface area contributed by atoms with Crippen molar-refractivity contribution in [2.24, 2.45) is 0 Å². The first kappa shape index (κ1) is 7.09. The molecule has 0 aromatic rings. The Kier molecular flexibility index (Phi) is 1.46. The lowest BCUT2D eigenvalue weighted by molar-refractivity contribution is -0.135. The van der Waals surface area contributed by atoms with Gasteiger partial charge in [-0.2, -0.15) is 0 Å². The first-order valence-electron chi connectivity index (χ1n) is 3.53. The van der Waals surface area contributed by atoms with Crippen LogP contribution in [-0.2, 0) is 19.1 Å². The third-order valence-electron chi connectivity index (χ3n) is 1.67. The van der Waals surface area contributed by atoms with Gasteiger partial charge in [-0.15, -0.1) is 0 Å². The maximum atomic E-state index is 11.1. The van der Waals surface area contributed by atoms with Gasteiger partial charge in [-0.1, -0.05) is 0 Å². The number of carbonyl (C=O) groups excluding carboxylic acids is 2. The number of carbonyl (C=O) groups is 2. The molecule has 0 atom stereocenters. The van der Waals surface area contributed by atoms with Crippen molar-refractivity contribution in [1.29, 1.82) is 0 Å². The SMILES string of the molecule is O=C1COC(=O)C1=C1C=CCO1. The van der Waals surface area contributed by atoms with Crippen molar-refractivity contribution >= 4 is 11.8 Å². The van der Waals surface area contributed by atoms with Gasteiger partial charge in [-0.05, 0) is 12.2 Å². The molecule has 2 rings (SSSR count). The van der Waals surface area contributed by atoms with E-state index in [0.717, 1.165) is 0 Å². The number of allylic oxidation sites excluding steroid dienone is 1. The van der Waals surface area contributed by atoms with Crippen LogP contribution in [0.4, 0.5) is 0 Å². The second kappa shape index (κ2) is 2.48. The number of hydrogen-bond acceptors (Lipinski definition) is 4. The fraction of sp³-hybridized carbons (Fsp3) is 0.250. The Morgan fingerprint density at radius 1 is 1.25 bits per heavy atom. The third kappa shape index (κ3) is 0.922. The lowest BCUT2D eigenvalue weighted by Gasteiger charge is -1.97. The van der Waals surface area contributed by atoms with Gasteiger partial charge in [-0.3, -0.25) is 4.79 Å². The summed E-state index contributed by atoms with van der Waals surface area (Å²) in [5.41, 5.74) is 0.0451. The van der Waals surface area contributed by atoms with Crippen LogP contribution in [0.3, 0.4) is 0 Å². The number of Topliss-reactive ketones (excluding diaryl/α,β-unsaturated/α-hetero) is 1. The van der Waals surface area contributed by atoms with Crippen molar-refractivity contribution in [2.75, 3.05) is 13.2 Å². The van der Waals surface area contributed by atoms with Crippen LogP contribution >= 0.6 is 0 Å². The van der Waals surface area contributed by atoms with Gasteiger partial charge in [0.05, 0.1) is 0 Å². The van der Waals surface area contributed by atoms with Gasteiger partial charge in [0, 0.05) is 0 Å². The Bertz CT molecular complexity index is 293. The van der Waals surface area contributed by atoms with Gasteiger partial charge in [0.25, 0.3) is 0 Å². The molecular weight excluding hydrogens is 160 g/mol. The van der Waals surface area contributed by atoms with Gasteiger partial charge in [0.15, 0.2) is 6.61 Å². The van der Waals surface area contributed by atoms with Crippen LogP contribution in [0.2, 0.25) is 0 Å². The molecule has 1 fully saturated rings. The van der Waals surface area contributed by atoms with E-state index in [1.165, 1.54) is 0 Å². The fourth-order valence-electron chi connectivity index (χ4n) is 1.12. The van der Waals surface area contributed by atoms with Gasteiger partial charge in [0.2, 0.25) is 5.78 Å². The monoisotopic (exact) mass is 166 g/mol. The summed E-state index contributed by atoms with van der Waals surface area (Å²) in [5, 5.41) is 0. The number of ketones is 1. The number of ether oxygens (including phenoxy) is 2. The standard InChI is InChI=1S/C8H6O4/c9-5-4-12-8(10)7(5)6-2-1-3-11-6/h1-2H,3-4H2. The summed E-state index contributed by atoms with van der Waals surface area (Å²) in [7, 11) is 0. The van der Waals surface area contributed by atoms with Crippen LogP contribution in [0.15, 0.2) is 23.5 Å². The lowest BCUT2D eigenvalue weighted by Crippen LogP contribution is -2.05. The summed E-state index contributed by atoms with van der Waals surface area (Å²) in [6, 6.07) is 0. The molecule has 12 heavy (non-hydrogen) atoms. The van der Waals surface area contributed by atoms with E-state index in [0.29, 0.717) is 12.4 Å². The van der Waals surface area contributed by atoms with Gasteiger partial charge in [-0.25, -0.2) is 4.79 Å². The van der Waals surface area contributed by atoms with Gasteiger partial charge >= 0.3 is 5.97 Å². The first-order chi connectivity index (χ1) is 5.79. The topological polar surface area (TPSA) is 52.6 Å². The molecule has 1 saturated heterocycles. The van der Waals surface area contributed by atoms with Crippen molar-refractivity contribution in [3.8, 4) is 0 Å². The molecule has 0 saturated carbocycles. The number of rotatable bonds is 0. The summed E-state index contributed by atoms with van der Waals surface area (Å²) in [6.07, 6.45) is 3.35. The predicted octanol–water partition coefficient (Wildman–Crippen LogP) is -0.0472. The molecule has 4 heteroatoms. The summed E-state index contributed by atoms with van der Waals surface area (Å²) >= 11 is 0. The molecule has 62 valence electrons. The minimum Gasteiger partial charge on any atom is -0.488 e. The molecule has 2 aliphatic rings. The molecule has 0 N–H and O–H groups in total. The highest BCUT2D eigenvalue weighted by Gasteiger charge is 2.32. The third-order valence-corrected chi connectivity index (χ3v) is 1.67. The van der Waals surface area contributed by atoms with Crippen LogP contribution in [0.25, 0.3) is 0 Å². The van der Waals surface area contributed by atoms with Crippen molar-refractivity contribution in [1.82, 2.24) is 0 Å². The second-order valence-corrected chi connectivity index (χ2v) is 2.45. The van der Waals surface area contributed by atoms with E-state index >= 15 is 0 Å². The van der Waals surface area contributed by atoms with Crippen molar-refractivity contribution in [3.05, 3.63) is 23.5 Å². The molecule has 0 aliphatic carbocycles. The molecule has 4 nitrogen and oxygen atoms in total. The quantitative estimate of drug-likeness (QED) is 0.287. The minimum absolute atomic E-state index is 0.0451. The smallest absolute Gasteiger partial charge is 0.346 e. The molecule has 0 spiro atoms. The van der Waals surface area contributed by atoms with Crippen LogP contribution in [0.1, 0.15) is 0 Å². The minimum atomic E-state index is -0.582. The maximum absolute atomic E-state index is 11.1. The van der Waals surface area contributed by atoms with E-state index in [9.17, 15) is 9.59 Å². The molecule has 2 heterocycles. The van der Waals surface area contributed by atoms with Gasteiger partial charge < -0.3 is 9.47 Å². The van der Waals surface area contributed by atoms with Gasteiger partial charge in [0.1, 0.15) is 17.9 Å². The highest BCUT2D eigenvalue weighted by Crippen LogP contribution is 2.19. The van der Waals surface area contributed by atoms with E-state index in [-0.39, 0.29) is 18.0 Å². The molecule has 0 unspecified atom stereocenters. The molecule has 0 aromatic carbocycles. The maximum Gasteiger partial charge on any atom is 0.346 e. The molecular formula is C8H6O4. The zero-order valence-corrected chi connectivity index (χ0v) is 6.20. The van der Waals surface area contributed by atoms with E-state index in [1.807, 2.05) is 0 Å². The zero-order valence-electron chi connectivity index (χ0n) is 6.20. The highest BCUT2D eigenvalue weighted by atomic mass is 16.5. The normalized spacial score (nSPS) is 27.7. The summed E-state index contributed by atoms with van der Waals surface area (Å²) in [6.45, 7) is 0.258. The Balaban J connectivity index is 2.43. The highest BCUT2D eigenvalue weighted by molar-refractivity contribution is 6.22. The van der Waals surface area contributed by atoms with E-state index in [2.05, 4.69) is 4.74 Å². The Morgan fingerprint density at radius 2 is 2.08 bits per heavy atom. The molecule has 0 radical (unpaired) electrons. The van der Waals surface area contributed by atoms with E-state index in [1.54, 1.807) is 12.2 Å². The number of cyclic esters (lactones) is 1. The van der Waals surface area contributed by atoms with Crippen molar-refractivity contribution in [3.63, 3.8) is 0 Å². The first-order valence-corrected chi connectivity index (χ1v) is 3.53. The zero-order chi connectivity index (χ0) is 8.55. The summed E-state index contributed by atoms with van der Waals surface area (Å²) in [5.74, 6) is -0.550. The average Bonchev–Trinajstić information content (AvgIpc) is 2.61. The predicted molar refractivity (Wildman–Crippen MR) is 38.1 cm³/mol. The number of hydrogen-bond donors (Lipinski definition) is 0. The van der Waals surface area contributed by atoms with Crippen LogP contribution in [0.5, 0.6) is 0 Å². The van der Waals surface area contributed by atoms with E-state index in [4.69, 9.17) is 4.74 Å². The molecule has 0 amide bonds. The van der Waals surface area contributed by atoms with E-state index < -0.39 is 5.97 Å². The largest absolute Gasteiger partial charge is 0.488 e. The summed E-state index contributed by atoms with van der Waals surface area (Å²) in [4.78, 5) is 22.0. The molecule has 0 bridgehead atoms. The van der Waals surface area contributed by atoms with Crippen LogP contribution in [0, 0.1) is 0 Å². The molecule has 0 aromatic heterocycles. The Hall–Kier alpha value is -1.58. The lowest BCUT2D eigenvalue weighted by atomic mass is 10.2. The Labute approximate surface area is 68.5 Å². The second-order valence-electron chi connectivity index (χ2n) is 2.45. The van der Waals surface area contributed by atoms with Crippen LogP contribution in [-0.4, -0.2) is 25.0 Å². The fourth-order valence-corrected chi connectivity index (χ4v) is 1.12. The summed E-state index contributed by atoms with van der Waals surface area (Å²) < 4.78 is 9.55. The average molecular weight is 166 g/mol. The van der Waals surface area contributed by atoms with Crippen molar-refractivity contribution < 1.29 is 19.1 Å². The number of esters is 1. The molecule has 2 aliphatic heterocycles. The van der Waals surface area contributed by atoms with Crippen molar-refractivity contribution in [2.45, 2.75) is 0 Å². The Morgan fingerprint density at radius 3 is 2.58 bits per heavy atom. The van der Waals surface area contributed by atoms with Crippen LogP contribution < -0.4 is 0 Å².